The van der Waals surface area contributed by atoms with Gasteiger partial charge in [-0.2, -0.15) is 0 Å². The monoisotopic (exact) mass is 477 g/mol. The van der Waals surface area contributed by atoms with Crippen LogP contribution in [0, 0.1) is 0 Å². The van der Waals surface area contributed by atoms with E-state index in [1.807, 2.05) is 13.8 Å². The van der Waals surface area contributed by atoms with Gasteiger partial charge in [0.15, 0.2) is 5.11 Å². The summed E-state index contributed by atoms with van der Waals surface area (Å²) in [6.07, 6.45) is 1.14. The van der Waals surface area contributed by atoms with Crippen LogP contribution in [0.3, 0.4) is 0 Å². The maximum Gasteiger partial charge on any atom is 0.415 e. The van der Waals surface area contributed by atoms with Gasteiger partial charge in [-0.25, -0.2) is 4.79 Å². The molecular formula is C22H21Cl2N3O3S. The van der Waals surface area contributed by atoms with Gasteiger partial charge in [0, 0.05) is 29.4 Å². The molecule has 1 heterocycles. The van der Waals surface area contributed by atoms with E-state index < -0.39 is 17.5 Å². The summed E-state index contributed by atoms with van der Waals surface area (Å²) in [5, 5.41) is 3.41. The Bertz CT molecular complexity index is 1020. The molecule has 1 aliphatic heterocycles. The summed E-state index contributed by atoms with van der Waals surface area (Å²) >= 11 is 18.0. The van der Waals surface area contributed by atoms with Gasteiger partial charge in [-0.3, -0.25) is 15.0 Å². The third-order valence-corrected chi connectivity index (χ3v) is 5.72. The van der Waals surface area contributed by atoms with Crippen molar-refractivity contribution in [2.75, 3.05) is 18.0 Å². The Labute approximate surface area is 196 Å². The first-order chi connectivity index (χ1) is 14.8. The number of para-hydroxylation sites is 1. The zero-order chi connectivity index (χ0) is 22.5. The van der Waals surface area contributed by atoms with Crippen LogP contribution < -0.4 is 15.0 Å². The van der Waals surface area contributed by atoms with Crippen LogP contribution in [0.15, 0.2) is 54.1 Å². The third-order valence-electron chi connectivity index (χ3n) is 4.74. The summed E-state index contributed by atoms with van der Waals surface area (Å²) in [7, 11) is 0. The Morgan fingerprint density at radius 3 is 2.48 bits per heavy atom. The largest absolute Gasteiger partial charge is 0.415 e. The van der Waals surface area contributed by atoms with E-state index in [-0.39, 0.29) is 10.7 Å². The summed E-state index contributed by atoms with van der Waals surface area (Å²) in [5.74, 6) is -0.0881. The van der Waals surface area contributed by atoms with Crippen molar-refractivity contribution in [2.45, 2.75) is 19.3 Å². The fraction of sp³-hybridized carbons (Fsp3) is 0.227. The molecule has 162 valence electrons. The topological polar surface area (TPSA) is 61.9 Å². The van der Waals surface area contributed by atoms with E-state index in [0.717, 1.165) is 0 Å². The number of carbonyl (C=O) groups excluding carboxylic acids is 2. The van der Waals surface area contributed by atoms with E-state index in [1.54, 1.807) is 64.4 Å². The first kappa shape index (κ1) is 23.1. The second-order valence-corrected chi connectivity index (χ2v) is 7.86. The van der Waals surface area contributed by atoms with Crippen molar-refractivity contribution in [1.29, 1.82) is 0 Å². The minimum Gasteiger partial charge on any atom is -0.410 e. The smallest absolute Gasteiger partial charge is 0.410 e. The number of nitrogens with one attached hydrogen (secondary N) is 1. The van der Waals surface area contributed by atoms with Crippen LogP contribution in [0.1, 0.15) is 19.4 Å². The molecule has 0 aromatic heterocycles. The van der Waals surface area contributed by atoms with E-state index in [1.165, 1.54) is 0 Å². The molecule has 0 aliphatic carbocycles. The van der Waals surface area contributed by atoms with Crippen LogP contribution in [-0.2, 0) is 4.79 Å². The molecule has 0 radical (unpaired) electrons. The highest BCUT2D eigenvalue weighted by Gasteiger charge is 2.34. The predicted molar refractivity (Wildman–Crippen MR) is 128 cm³/mol. The second kappa shape index (κ2) is 10.1. The lowest BCUT2D eigenvalue weighted by Crippen LogP contribution is -2.54. The molecule has 1 atom stereocenters. The Balaban J connectivity index is 1.95. The zero-order valence-electron chi connectivity index (χ0n) is 17.0. The first-order valence-electron chi connectivity index (χ1n) is 9.67. The number of ether oxygens (including phenoxy) is 1. The number of carbonyl (C=O) groups is 2. The standard InChI is InChI=1S/C22H21Cl2N3O3S/c1-3-26(4-2)22(29)30-18-8-6-5-7-14(18)13-17-19(24)27(21(31)25-20(17)28)16-11-9-15(23)10-12-16/h5-13,19H,3-4H2,1-2H3,(H,25,28,31). The van der Waals surface area contributed by atoms with Crippen molar-refractivity contribution in [2.24, 2.45) is 0 Å². The summed E-state index contributed by atoms with van der Waals surface area (Å²) in [6, 6.07) is 13.9. The van der Waals surface area contributed by atoms with Gasteiger partial charge in [0.1, 0.15) is 11.3 Å². The van der Waals surface area contributed by atoms with Gasteiger partial charge in [0.25, 0.3) is 5.91 Å². The van der Waals surface area contributed by atoms with Crippen LogP contribution in [0.2, 0.25) is 5.02 Å². The molecule has 1 aliphatic rings. The number of hydrogen-bond donors (Lipinski definition) is 1. The highest BCUT2D eigenvalue weighted by atomic mass is 35.5. The number of rotatable bonds is 5. The second-order valence-electron chi connectivity index (χ2n) is 6.62. The Hall–Kier alpha value is -2.61. The van der Waals surface area contributed by atoms with Crippen molar-refractivity contribution in [3.8, 4) is 5.75 Å². The highest BCUT2D eigenvalue weighted by molar-refractivity contribution is 7.80. The molecule has 3 rings (SSSR count). The number of anilines is 1. The van der Waals surface area contributed by atoms with Crippen LogP contribution in [0.5, 0.6) is 5.75 Å². The van der Waals surface area contributed by atoms with Crippen molar-refractivity contribution in [3.05, 3.63) is 64.7 Å². The average Bonchev–Trinajstić information content (AvgIpc) is 2.74. The molecule has 1 N–H and O–H groups in total. The quantitative estimate of drug-likeness (QED) is 0.282. The number of halogens is 2. The normalized spacial score (nSPS) is 17.5. The van der Waals surface area contributed by atoms with Crippen LogP contribution in [0.4, 0.5) is 10.5 Å². The molecule has 2 aromatic rings. The molecule has 0 saturated carbocycles. The molecule has 1 fully saturated rings. The fourth-order valence-corrected chi connectivity index (χ4v) is 3.92. The van der Waals surface area contributed by atoms with Crippen LogP contribution in [0.25, 0.3) is 6.08 Å². The highest BCUT2D eigenvalue weighted by Crippen LogP contribution is 2.31. The van der Waals surface area contributed by atoms with Gasteiger partial charge in [-0.1, -0.05) is 41.4 Å². The van der Waals surface area contributed by atoms with Gasteiger partial charge in [-0.15, -0.1) is 0 Å². The minimum absolute atomic E-state index is 0.186. The van der Waals surface area contributed by atoms with Gasteiger partial charge in [-0.05, 0) is 62.5 Å². The fourth-order valence-electron chi connectivity index (χ4n) is 3.06. The van der Waals surface area contributed by atoms with E-state index >= 15 is 0 Å². The van der Waals surface area contributed by atoms with Gasteiger partial charge >= 0.3 is 6.09 Å². The minimum atomic E-state index is -0.867. The number of thiocarbonyl (C=S) groups is 1. The molecule has 6 nitrogen and oxygen atoms in total. The Morgan fingerprint density at radius 1 is 1.19 bits per heavy atom. The molecule has 0 spiro atoms. The summed E-state index contributed by atoms with van der Waals surface area (Å²) in [6.45, 7) is 4.80. The molecule has 1 saturated heterocycles. The number of hydrogen-bond acceptors (Lipinski definition) is 4. The lowest BCUT2D eigenvalue weighted by atomic mass is 10.1. The SMILES string of the molecule is CCN(CC)C(=O)Oc1ccccc1C=C1C(=O)NC(=S)N(c2ccc(Cl)cc2)C1Cl. The maximum atomic E-state index is 12.7. The van der Waals surface area contributed by atoms with Gasteiger partial charge in [0.2, 0.25) is 0 Å². The predicted octanol–water partition coefficient (Wildman–Crippen LogP) is 5.05. The zero-order valence-corrected chi connectivity index (χ0v) is 19.3. The van der Waals surface area contributed by atoms with Crippen molar-refractivity contribution in [1.82, 2.24) is 10.2 Å². The molecular weight excluding hydrogens is 457 g/mol. The summed E-state index contributed by atoms with van der Waals surface area (Å²) in [4.78, 5) is 28.2. The average molecular weight is 478 g/mol. The van der Waals surface area contributed by atoms with E-state index in [0.29, 0.717) is 35.1 Å². The molecule has 2 aromatic carbocycles. The number of benzene rings is 2. The van der Waals surface area contributed by atoms with Crippen LogP contribution in [-0.4, -0.2) is 40.6 Å². The number of nitrogens with zero attached hydrogens (tertiary/aromatic N) is 2. The first-order valence-corrected chi connectivity index (χ1v) is 10.9. The van der Waals surface area contributed by atoms with Crippen molar-refractivity contribution < 1.29 is 14.3 Å². The Kier molecular flexibility index (Phi) is 7.54. The third kappa shape index (κ3) is 5.18. The lowest BCUT2D eigenvalue weighted by Gasteiger charge is -2.35. The lowest BCUT2D eigenvalue weighted by molar-refractivity contribution is -0.116. The van der Waals surface area contributed by atoms with E-state index in [4.69, 9.17) is 40.2 Å². The Morgan fingerprint density at radius 2 is 1.84 bits per heavy atom. The molecule has 31 heavy (non-hydrogen) atoms. The molecule has 0 bridgehead atoms. The maximum absolute atomic E-state index is 12.7. The summed E-state index contributed by atoms with van der Waals surface area (Å²) < 4.78 is 5.56. The molecule has 1 unspecified atom stereocenters. The van der Waals surface area contributed by atoms with Crippen LogP contribution >= 0.6 is 35.4 Å². The van der Waals surface area contributed by atoms with E-state index in [2.05, 4.69) is 5.32 Å². The van der Waals surface area contributed by atoms with Gasteiger partial charge < -0.3 is 9.64 Å². The van der Waals surface area contributed by atoms with Crippen molar-refractivity contribution in [3.63, 3.8) is 0 Å². The number of alkyl halides is 1. The number of amides is 2. The van der Waals surface area contributed by atoms with Gasteiger partial charge in [0.05, 0.1) is 5.57 Å². The molecule has 9 heteroatoms. The van der Waals surface area contributed by atoms with Crippen molar-refractivity contribution >= 4 is 64.3 Å². The van der Waals surface area contributed by atoms with E-state index in [9.17, 15) is 9.59 Å². The summed E-state index contributed by atoms with van der Waals surface area (Å²) in [5.41, 5.74) is 0.620. The molecule has 2 amide bonds.